The van der Waals surface area contributed by atoms with E-state index in [1.54, 1.807) is 11.3 Å². The van der Waals surface area contributed by atoms with Crippen LogP contribution in [0.15, 0.2) is 40.2 Å². The highest BCUT2D eigenvalue weighted by Gasteiger charge is 2.13. The Kier molecular flexibility index (Phi) is 4.20. The minimum absolute atomic E-state index is 0.0758. The van der Waals surface area contributed by atoms with Crippen molar-refractivity contribution < 1.29 is 4.74 Å². The number of nitrogens with two attached hydrogens (primary N) is 1. The summed E-state index contributed by atoms with van der Waals surface area (Å²) in [6, 6.07) is 10.1. The van der Waals surface area contributed by atoms with E-state index >= 15 is 0 Å². The molecule has 0 fully saturated rings. The predicted octanol–water partition coefficient (Wildman–Crippen LogP) is 3.90. The fourth-order valence-electron chi connectivity index (χ4n) is 1.57. The Morgan fingerprint density at radius 2 is 2.24 bits per heavy atom. The zero-order valence-electron chi connectivity index (χ0n) is 9.52. The summed E-state index contributed by atoms with van der Waals surface area (Å²) in [5.41, 5.74) is 6.95. The van der Waals surface area contributed by atoms with Gasteiger partial charge in [0, 0.05) is 21.3 Å². The predicted molar refractivity (Wildman–Crippen MR) is 75.6 cm³/mol. The molecular weight excluding hydrogens is 298 g/mol. The first-order valence-electron chi connectivity index (χ1n) is 5.36. The Labute approximate surface area is 114 Å². The van der Waals surface area contributed by atoms with Crippen molar-refractivity contribution in [2.75, 3.05) is 6.54 Å². The van der Waals surface area contributed by atoms with Gasteiger partial charge in [-0.25, -0.2) is 0 Å². The molecule has 1 heterocycles. The van der Waals surface area contributed by atoms with E-state index in [0.29, 0.717) is 6.54 Å². The van der Waals surface area contributed by atoms with Gasteiger partial charge in [-0.05, 0) is 46.6 Å². The van der Waals surface area contributed by atoms with E-state index in [-0.39, 0.29) is 6.10 Å². The normalized spacial score (nSPS) is 12.4. The molecule has 4 heteroatoms. The molecule has 1 atom stereocenters. The van der Waals surface area contributed by atoms with Crippen LogP contribution in [0.1, 0.15) is 16.5 Å². The van der Waals surface area contributed by atoms with Gasteiger partial charge in [-0.2, -0.15) is 0 Å². The Bertz CT molecular complexity index is 498. The number of aryl methyl sites for hydroxylation is 1. The van der Waals surface area contributed by atoms with Crippen LogP contribution in [0.3, 0.4) is 0 Å². The highest BCUT2D eigenvalue weighted by Crippen LogP contribution is 2.29. The average molecular weight is 312 g/mol. The molecule has 2 aromatic rings. The zero-order valence-corrected chi connectivity index (χ0v) is 11.9. The molecule has 0 saturated carbocycles. The van der Waals surface area contributed by atoms with Gasteiger partial charge in [-0.3, -0.25) is 0 Å². The summed E-state index contributed by atoms with van der Waals surface area (Å²) in [5, 5.41) is 2.04. The lowest BCUT2D eigenvalue weighted by Gasteiger charge is -2.16. The maximum absolute atomic E-state index is 5.91. The minimum Gasteiger partial charge on any atom is -0.484 e. The van der Waals surface area contributed by atoms with Crippen molar-refractivity contribution in [3.8, 4) is 5.75 Å². The van der Waals surface area contributed by atoms with Gasteiger partial charge >= 0.3 is 0 Å². The summed E-state index contributed by atoms with van der Waals surface area (Å²) in [7, 11) is 0. The number of halogens is 1. The summed E-state index contributed by atoms with van der Waals surface area (Å²) in [5.74, 6) is 0.866. The molecule has 1 unspecified atom stereocenters. The first kappa shape index (κ1) is 12.6. The molecular formula is C13H14BrNOS. The van der Waals surface area contributed by atoms with Crippen LogP contribution in [0, 0.1) is 6.92 Å². The van der Waals surface area contributed by atoms with E-state index in [9.17, 15) is 0 Å². The second-order valence-corrected chi connectivity index (χ2v) is 5.68. The van der Waals surface area contributed by atoms with Gasteiger partial charge in [0.05, 0.1) is 0 Å². The smallest absolute Gasteiger partial charge is 0.145 e. The summed E-state index contributed by atoms with van der Waals surface area (Å²) in [4.78, 5) is 1.14. The van der Waals surface area contributed by atoms with Crippen LogP contribution in [0.4, 0.5) is 0 Å². The molecule has 0 radical (unpaired) electrons. The number of hydrogen-bond donors (Lipinski definition) is 1. The summed E-state index contributed by atoms with van der Waals surface area (Å²) < 4.78 is 6.98. The number of ether oxygens (including phenoxy) is 1. The maximum Gasteiger partial charge on any atom is 0.145 e. The molecule has 0 saturated heterocycles. The number of thiophene rings is 1. The van der Waals surface area contributed by atoms with Crippen molar-refractivity contribution in [3.63, 3.8) is 0 Å². The van der Waals surface area contributed by atoms with Crippen molar-refractivity contribution in [2.24, 2.45) is 5.73 Å². The number of rotatable bonds is 4. The average Bonchev–Trinajstić information content (AvgIpc) is 2.73. The topological polar surface area (TPSA) is 35.2 Å². The number of benzene rings is 1. The lowest BCUT2D eigenvalue weighted by Crippen LogP contribution is -2.17. The van der Waals surface area contributed by atoms with Gasteiger partial charge in [-0.15, -0.1) is 11.3 Å². The van der Waals surface area contributed by atoms with Crippen LogP contribution in [0.2, 0.25) is 0 Å². The molecule has 0 aliphatic rings. The van der Waals surface area contributed by atoms with Gasteiger partial charge < -0.3 is 10.5 Å². The van der Waals surface area contributed by atoms with E-state index in [1.165, 1.54) is 5.56 Å². The van der Waals surface area contributed by atoms with Crippen LogP contribution in [-0.2, 0) is 0 Å². The summed E-state index contributed by atoms with van der Waals surface area (Å²) >= 11 is 5.09. The van der Waals surface area contributed by atoms with E-state index in [2.05, 4.69) is 22.0 Å². The molecule has 2 N–H and O–H groups in total. The lowest BCUT2D eigenvalue weighted by atomic mass is 10.2. The van der Waals surface area contributed by atoms with Gasteiger partial charge in [0.2, 0.25) is 0 Å². The molecule has 0 bridgehead atoms. The quantitative estimate of drug-likeness (QED) is 0.929. The second kappa shape index (κ2) is 5.67. The second-order valence-electron chi connectivity index (χ2n) is 3.83. The Hall–Kier alpha value is -0.840. The SMILES string of the molecule is Cc1cccc(OC(CN)c2cc(Br)cs2)c1. The van der Waals surface area contributed by atoms with Gasteiger partial charge in [-0.1, -0.05) is 12.1 Å². The monoisotopic (exact) mass is 311 g/mol. The Morgan fingerprint density at radius 3 is 2.82 bits per heavy atom. The fraction of sp³-hybridized carbons (Fsp3) is 0.231. The first-order valence-corrected chi connectivity index (χ1v) is 7.03. The van der Waals surface area contributed by atoms with Crippen LogP contribution in [0.25, 0.3) is 0 Å². The highest BCUT2D eigenvalue weighted by molar-refractivity contribution is 9.10. The van der Waals surface area contributed by atoms with Crippen molar-refractivity contribution in [3.05, 3.63) is 50.6 Å². The third-order valence-electron chi connectivity index (χ3n) is 2.39. The maximum atomic E-state index is 5.91. The fourth-order valence-corrected chi connectivity index (χ4v) is 3.06. The van der Waals surface area contributed by atoms with Crippen LogP contribution >= 0.6 is 27.3 Å². The third kappa shape index (κ3) is 3.31. The van der Waals surface area contributed by atoms with E-state index in [4.69, 9.17) is 10.5 Å². The zero-order chi connectivity index (χ0) is 12.3. The van der Waals surface area contributed by atoms with Gasteiger partial charge in [0.15, 0.2) is 0 Å². The van der Waals surface area contributed by atoms with Crippen molar-refractivity contribution in [1.29, 1.82) is 0 Å². The van der Waals surface area contributed by atoms with Crippen LogP contribution in [-0.4, -0.2) is 6.54 Å². The highest BCUT2D eigenvalue weighted by atomic mass is 79.9. The molecule has 1 aromatic heterocycles. The molecule has 0 aliphatic carbocycles. The van der Waals surface area contributed by atoms with Gasteiger partial charge in [0.1, 0.15) is 11.9 Å². The van der Waals surface area contributed by atoms with Crippen molar-refractivity contribution in [2.45, 2.75) is 13.0 Å². The Balaban J connectivity index is 2.15. The van der Waals surface area contributed by atoms with Crippen molar-refractivity contribution >= 4 is 27.3 Å². The van der Waals surface area contributed by atoms with Gasteiger partial charge in [0.25, 0.3) is 0 Å². The largest absolute Gasteiger partial charge is 0.484 e. The first-order chi connectivity index (χ1) is 8.19. The molecule has 17 heavy (non-hydrogen) atoms. The molecule has 0 amide bonds. The standard InChI is InChI=1S/C13H14BrNOS/c1-9-3-2-4-11(5-9)16-12(7-15)13-6-10(14)8-17-13/h2-6,8,12H,7,15H2,1H3. The molecule has 2 rings (SSSR count). The van der Waals surface area contributed by atoms with Crippen LogP contribution in [0.5, 0.6) is 5.75 Å². The van der Waals surface area contributed by atoms with Crippen molar-refractivity contribution in [1.82, 2.24) is 0 Å². The Morgan fingerprint density at radius 1 is 1.41 bits per heavy atom. The third-order valence-corrected chi connectivity index (χ3v) is 4.17. The minimum atomic E-state index is -0.0758. The summed E-state index contributed by atoms with van der Waals surface area (Å²) in [6.45, 7) is 2.52. The summed E-state index contributed by atoms with van der Waals surface area (Å²) in [6.07, 6.45) is -0.0758. The van der Waals surface area contributed by atoms with E-state index < -0.39 is 0 Å². The molecule has 90 valence electrons. The van der Waals surface area contributed by atoms with Crippen LogP contribution < -0.4 is 10.5 Å². The molecule has 0 aliphatic heterocycles. The number of hydrogen-bond acceptors (Lipinski definition) is 3. The molecule has 0 spiro atoms. The molecule has 1 aromatic carbocycles. The van der Waals surface area contributed by atoms with E-state index in [1.807, 2.05) is 36.6 Å². The lowest BCUT2D eigenvalue weighted by molar-refractivity contribution is 0.218. The van der Waals surface area contributed by atoms with E-state index in [0.717, 1.165) is 15.1 Å². The molecule has 2 nitrogen and oxygen atoms in total.